The average Bonchev–Trinajstić information content (AvgIpc) is 3.33. The summed E-state index contributed by atoms with van der Waals surface area (Å²) in [5.74, 6) is -0.325. The fourth-order valence-corrected chi connectivity index (χ4v) is 5.04. The van der Waals surface area contributed by atoms with E-state index in [9.17, 15) is 19.2 Å². The highest BCUT2D eigenvalue weighted by atomic mass is 16.2. The van der Waals surface area contributed by atoms with Crippen molar-refractivity contribution in [1.82, 2.24) is 14.5 Å². The third-order valence-electron chi connectivity index (χ3n) is 6.70. The summed E-state index contributed by atoms with van der Waals surface area (Å²) >= 11 is 0. The van der Waals surface area contributed by atoms with Crippen LogP contribution in [0.5, 0.6) is 0 Å². The van der Waals surface area contributed by atoms with Crippen LogP contribution in [-0.2, 0) is 22.7 Å². The smallest absolute Gasteiger partial charge is 0.331 e. The molecule has 1 heterocycles. The Kier molecular flexibility index (Phi) is 8.03. The zero-order chi connectivity index (χ0) is 25.7. The summed E-state index contributed by atoms with van der Waals surface area (Å²) in [6, 6.07) is 12.9. The van der Waals surface area contributed by atoms with Gasteiger partial charge in [0.1, 0.15) is 6.54 Å². The van der Waals surface area contributed by atoms with Crippen LogP contribution in [-0.4, -0.2) is 27.0 Å². The Bertz CT molecular complexity index is 1360. The van der Waals surface area contributed by atoms with E-state index in [0.29, 0.717) is 35.9 Å². The van der Waals surface area contributed by atoms with Crippen LogP contribution in [0.1, 0.15) is 56.1 Å². The van der Waals surface area contributed by atoms with Gasteiger partial charge in [0.05, 0.1) is 10.9 Å². The van der Waals surface area contributed by atoms with Crippen molar-refractivity contribution in [3.05, 3.63) is 74.4 Å². The predicted molar refractivity (Wildman–Crippen MR) is 141 cm³/mol. The Morgan fingerprint density at radius 3 is 2.33 bits per heavy atom. The van der Waals surface area contributed by atoms with Crippen molar-refractivity contribution in [1.29, 1.82) is 0 Å². The standard InChI is InChI=1S/C28H34N4O4/c1-19-15-20(2)17-22(16-19)30-26(34)18-32-24-12-6-5-11-23(24)27(35)31(28(32)36)14-8-7-13-25(33)29-21-9-3-4-10-21/h5-6,11-12,15-17,21H,3-4,7-10,13-14,18H2,1-2H3,(H,29,33)(H,30,34). The molecule has 3 aromatic rings. The second-order valence-electron chi connectivity index (χ2n) is 9.77. The van der Waals surface area contributed by atoms with Crippen LogP contribution in [0.4, 0.5) is 5.69 Å². The Balaban J connectivity index is 1.48. The molecule has 0 unspecified atom stereocenters. The van der Waals surface area contributed by atoms with Crippen molar-refractivity contribution in [2.75, 3.05) is 5.32 Å². The number of nitrogens with zero attached hydrogens (tertiary/aromatic N) is 2. The van der Waals surface area contributed by atoms with E-state index in [1.54, 1.807) is 24.3 Å². The molecule has 1 aliphatic rings. The number of unbranched alkanes of at least 4 members (excludes halogenated alkanes) is 1. The lowest BCUT2D eigenvalue weighted by molar-refractivity contribution is -0.122. The van der Waals surface area contributed by atoms with Gasteiger partial charge in [0.2, 0.25) is 11.8 Å². The van der Waals surface area contributed by atoms with E-state index in [1.807, 2.05) is 32.0 Å². The number of aromatic nitrogens is 2. The molecule has 1 aromatic heterocycles. The number of hydrogen-bond acceptors (Lipinski definition) is 4. The molecule has 0 spiro atoms. The number of rotatable bonds is 9. The normalized spacial score (nSPS) is 13.7. The van der Waals surface area contributed by atoms with Gasteiger partial charge in [-0.25, -0.2) is 4.79 Å². The van der Waals surface area contributed by atoms with Gasteiger partial charge in [0.25, 0.3) is 5.56 Å². The maximum Gasteiger partial charge on any atom is 0.331 e. The molecule has 36 heavy (non-hydrogen) atoms. The predicted octanol–water partition coefficient (Wildman–Crippen LogP) is 3.65. The summed E-state index contributed by atoms with van der Waals surface area (Å²) in [5.41, 5.74) is 2.24. The number of nitrogens with one attached hydrogen (secondary N) is 2. The summed E-state index contributed by atoms with van der Waals surface area (Å²) in [6.45, 7) is 3.89. The van der Waals surface area contributed by atoms with Gasteiger partial charge < -0.3 is 10.6 Å². The molecule has 0 saturated heterocycles. The third-order valence-corrected chi connectivity index (χ3v) is 6.70. The van der Waals surface area contributed by atoms with Gasteiger partial charge in [-0.05, 0) is 74.9 Å². The first-order valence-corrected chi connectivity index (χ1v) is 12.7. The van der Waals surface area contributed by atoms with Crippen LogP contribution in [0.2, 0.25) is 0 Å². The fraction of sp³-hybridized carbons (Fsp3) is 0.429. The molecular formula is C28H34N4O4. The topological polar surface area (TPSA) is 102 Å². The number of fused-ring (bicyclic) bond motifs is 1. The van der Waals surface area contributed by atoms with E-state index in [2.05, 4.69) is 10.6 Å². The number of anilines is 1. The second-order valence-corrected chi connectivity index (χ2v) is 9.77. The molecule has 1 fully saturated rings. The first-order chi connectivity index (χ1) is 17.3. The zero-order valence-electron chi connectivity index (χ0n) is 21.0. The van der Waals surface area contributed by atoms with Gasteiger partial charge in [-0.2, -0.15) is 0 Å². The minimum atomic E-state index is -0.523. The van der Waals surface area contributed by atoms with E-state index >= 15 is 0 Å². The molecule has 0 bridgehead atoms. The molecule has 0 atom stereocenters. The van der Waals surface area contributed by atoms with Crippen LogP contribution in [0.15, 0.2) is 52.1 Å². The molecule has 8 heteroatoms. The van der Waals surface area contributed by atoms with Gasteiger partial charge in [-0.1, -0.05) is 31.0 Å². The first-order valence-electron chi connectivity index (χ1n) is 12.7. The van der Waals surface area contributed by atoms with Crippen LogP contribution < -0.4 is 21.9 Å². The molecule has 2 N–H and O–H groups in total. The first kappa shape index (κ1) is 25.4. The second kappa shape index (κ2) is 11.4. The SMILES string of the molecule is Cc1cc(C)cc(NC(=O)Cn2c(=O)n(CCCCC(=O)NC3CCCC3)c(=O)c3ccccc32)c1. The molecule has 4 rings (SSSR count). The van der Waals surface area contributed by atoms with Crippen molar-refractivity contribution in [3.8, 4) is 0 Å². The maximum absolute atomic E-state index is 13.3. The number of hydrogen-bond donors (Lipinski definition) is 2. The van der Waals surface area contributed by atoms with Crippen LogP contribution in [0, 0.1) is 13.8 Å². The van der Waals surface area contributed by atoms with Gasteiger partial charge in [-0.3, -0.25) is 23.5 Å². The van der Waals surface area contributed by atoms with Crippen molar-refractivity contribution in [2.24, 2.45) is 0 Å². The third kappa shape index (κ3) is 6.11. The van der Waals surface area contributed by atoms with Crippen molar-refractivity contribution in [2.45, 2.75) is 77.9 Å². The quantitative estimate of drug-likeness (QED) is 0.447. The average molecular weight is 491 g/mol. The van der Waals surface area contributed by atoms with E-state index in [1.165, 1.54) is 9.13 Å². The lowest BCUT2D eigenvalue weighted by atomic mass is 10.1. The molecule has 2 aromatic carbocycles. The van der Waals surface area contributed by atoms with Crippen LogP contribution in [0.3, 0.4) is 0 Å². The summed E-state index contributed by atoms with van der Waals surface area (Å²) in [6.07, 6.45) is 5.84. The molecule has 190 valence electrons. The van der Waals surface area contributed by atoms with Gasteiger partial charge in [-0.15, -0.1) is 0 Å². The number of amides is 2. The lowest BCUT2D eigenvalue weighted by Crippen LogP contribution is -2.41. The van der Waals surface area contributed by atoms with Gasteiger partial charge in [0, 0.05) is 24.7 Å². The fourth-order valence-electron chi connectivity index (χ4n) is 5.04. The lowest BCUT2D eigenvalue weighted by Gasteiger charge is -2.15. The van der Waals surface area contributed by atoms with Crippen LogP contribution >= 0.6 is 0 Å². The van der Waals surface area contributed by atoms with E-state index in [-0.39, 0.29) is 36.5 Å². The molecule has 8 nitrogen and oxygen atoms in total. The van der Waals surface area contributed by atoms with Crippen molar-refractivity contribution >= 4 is 28.4 Å². The summed E-state index contributed by atoms with van der Waals surface area (Å²) < 4.78 is 2.53. The molecule has 1 saturated carbocycles. The summed E-state index contributed by atoms with van der Waals surface area (Å²) in [5, 5.41) is 6.31. The molecule has 2 amide bonds. The summed E-state index contributed by atoms with van der Waals surface area (Å²) in [4.78, 5) is 51.5. The number of benzene rings is 2. The Morgan fingerprint density at radius 2 is 1.61 bits per heavy atom. The van der Waals surface area contributed by atoms with Crippen LogP contribution in [0.25, 0.3) is 10.9 Å². The molecule has 1 aliphatic carbocycles. The maximum atomic E-state index is 13.3. The van der Waals surface area contributed by atoms with E-state index < -0.39 is 5.69 Å². The van der Waals surface area contributed by atoms with Crippen molar-refractivity contribution < 1.29 is 9.59 Å². The molecular weight excluding hydrogens is 456 g/mol. The van der Waals surface area contributed by atoms with E-state index in [4.69, 9.17) is 0 Å². The number of aryl methyl sites for hydroxylation is 2. The Labute approximate surface area is 210 Å². The molecule has 0 aliphatic heterocycles. The monoisotopic (exact) mass is 490 g/mol. The number of carbonyl (C=O) groups excluding carboxylic acids is 2. The highest BCUT2D eigenvalue weighted by Crippen LogP contribution is 2.18. The number of para-hydroxylation sites is 1. The van der Waals surface area contributed by atoms with Gasteiger partial charge >= 0.3 is 5.69 Å². The summed E-state index contributed by atoms with van der Waals surface area (Å²) in [7, 11) is 0. The highest BCUT2D eigenvalue weighted by Gasteiger charge is 2.18. The zero-order valence-corrected chi connectivity index (χ0v) is 21.0. The van der Waals surface area contributed by atoms with Gasteiger partial charge in [0.15, 0.2) is 0 Å². The Morgan fingerprint density at radius 1 is 0.917 bits per heavy atom. The highest BCUT2D eigenvalue weighted by molar-refractivity contribution is 5.91. The largest absolute Gasteiger partial charge is 0.353 e. The van der Waals surface area contributed by atoms with E-state index in [0.717, 1.165) is 36.8 Å². The minimum absolute atomic E-state index is 0.0215. The van der Waals surface area contributed by atoms with Crippen molar-refractivity contribution in [3.63, 3.8) is 0 Å². The number of carbonyl (C=O) groups is 2. The molecule has 0 radical (unpaired) electrons. The Hall–Kier alpha value is -3.68. The minimum Gasteiger partial charge on any atom is -0.353 e.